The molecule has 1 fully saturated rings. The number of nitrogens with zero attached hydrogens (tertiary/aromatic N) is 2. The molecule has 2 aromatic rings. The molecule has 1 aromatic heterocycles. The monoisotopic (exact) mass is 1150 g/mol. The SMILES string of the molecule is CC(C)(C)c1cc(-c2ccc(B3OC(C)(C)C(C)(C)O3)cc2)ncn1.[B]B([B])B(B([B])[B])B(B([B])[B])B(B(B(B([B])[B])B([B])[B])B(B([B])[B])B([B])[B])B(B(B(B([B])[B])B([B])[B])B(B([B])[B])B([B])[B])B(B(B(B([B])[B])B([B])[B])B(B([B])[B])B([B])[B])B(B(B([B])[B])B([B])[B])B(B([B])[B])B([B])[B]. The molecular formula is C20H27B75N2O2. The van der Waals surface area contributed by atoms with Crippen LogP contribution in [-0.4, -0.2) is 552 Å². The zero-order valence-electron chi connectivity index (χ0n) is 59.0. The Bertz CT molecular complexity index is 2380. The summed E-state index contributed by atoms with van der Waals surface area (Å²) in [5.74, 6) is 0. The second-order valence-electron chi connectivity index (χ2n) is 29.5. The standard InChI is InChI=1S/C20H27BN2O2.B74/c1-18(2,3)17-12-16(22-13-23-17)14-8-10-15(11-9-14)21-24-19(4,5)20(6,7)25-21;1-39(2)58(40(3)4)67(57(37)38)72(68(59(41(5)6)42(7)8)60(43(9)10)44(11)12)74(71(65(53(29)30)54(31)32)66(55(33)34)56(35)36)73(69(61(45(13)14)46(15)16)62(47(17)18)48(19)20)70(63(49(21)22)50(23)24)64(51(25)26)52(27)28/h8-13H,1-7H3;. The van der Waals surface area contributed by atoms with E-state index in [2.05, 4.69) is 88.8 Å². The Morgan fingerprint density at radius 3 is 0.646 bits per heavy atom. The molecule has 0 saturated carbocycles. The molecule has 0 amide bonds. The van der Waals surface area contributed by atoms with Gasteiger partial charge in [-0.25, -0.2) is 9.97 Å². The van der Waals surface area contributed by atoms with Gasteiger partial charge in [-0.15, -0.1) is 0 Å². The Morgan fingerprint density at radius 1 is 0.273 bits per heavy atom. The normalized spacial score (nSPS) is 12.2. The van der Waals surface area contributed by atoms with Crippen molar-refractivity contribution in [1.29, 1.82) is 0 Å². The number of aromatic nitrogens is 2. The average molecular weight is 1140 g/mol. The van der Waals surface area contributed by atoms with Gasteiger partial charge in [0.05, 0.1) is 16.9 Å². The predicted octanol–water partition coefficient (Wildman–Crippen LogP) is -24.4. The maximum atomic E-state index is 7.05. The van der Waals surface area contributed by atoms with E-state index in [1.807, 2.05) is 0 Å². The molecule has 79 heteroatoms. The highest BCUT2D eigenvalue weighted by atomic mass is 16.7. The molecule has 1 aliphatic heterocycles. The third kappa shape index (κ3) is 25.8. The maximum Gasteiger partial charge on any atom is 0.494 e. The predicted molar refractivity (Wildman–Crippen MR) is 528 cm³/mol. The van der Waals surface area contributed by atoms with Crippen LogP contribution in [0.3, 0.4) is 0 Å². The minimum atomic E-state index is -1.81. The van der Waals surface area contributed by atoms with E-state index in [0.29, 0.717) is 0 Å². The molecule has 1 aliphatic rings. The van der Waals surface area contributed by atoms with Gasteiger partial charge in [0, 0.05) is 541 Å². The topological polar surface area (TPSA) is 44.2 Å². The lowest BCUT2D eigenvalue weighted by atomic mass is 8.21. The van der Waals surface area contributed by atoms with E-state index in [4.69, 9.17) is 303 Å². The molecule has 1 aromatic carbocycles. The summed E-state index contributed by atoms with van der Waals surface area (Å²) in [4.78, 5) is 8.82. The molecule has 3 rings (SSSR count). The van der Waals surface area contributed by atoms with E-state index < -0.39 is 230 Å². The van der Waals surface area contributed by atoms with Crippen LogP contribution in [0.1, 0.15) is 54.2 Å². The molecule has 0 atom stereocenters. The Morgan fingerprint density at radius 2 is 0.455 bits per heavy atom. The highest BCUT2D eigenvalue weighted by Crippen LogP contribution is 2.37. The van der Waals surface area contributed by atoms with Gasteiger partial charge in [0.2, 0.25) is 0 Å². The summed E-state index contributed by atoms with van der Waals surface area (Å²) in [6.07, 6.45) is -56.2. The number of benzene rings is 1. The van der Waals surface area contributed by atoms with Gasteiger partial charge >= 0.3 is 7.12 Å². The van der Waals surface area contributed by atoms with Crippen LogP contribution in [-0.2, 0) is 14.7 Å². The smallest absolute Gasteiger partial charge is 0.399 e. The first kappa shape index (κ1) is 98.2. The van der Waals surface area contributed by atoms with Gasteiger partial charge in [-0.3, -0.25) is 0 Å². The van der Waals surface area contributed by atoms with E-state index in [1.165, 1.54) is 0 Å². The first-order chi connectivity index (χ1) is 45.1. The zero-order valence-corrected chi connectivity index (χ0v) is 59.0. The lowest BCUT2D eigenvalue weighted by molar-refractivity contribution is 0.00578. The largest absolute Gasteiger partial charge is 0.494 e. The molecule has 76 radical (unpaired) electrons. The summed E-state index contributed by atoms with van der Waals surface area (Å²) in [7, 11) is 258. The van der Waals surface area contributed by atoms with Crippen LogP contribution in [0, 0.1) is 0 Å². The summed E-state index contributed by atoms with van der Waals surface area (Å²) in [6.45, 7) is 14.7. The second-order valence-corrected chi connectivity index (χ2v) is 29.5. The summed E-state index contributed by atoms with van der Waals surface area (Å²) in [6, 6.07) is 10.3. The van der Waals surface area contributed by atoms with E-state index in [-0.39, 0.29) is 23.7 Å². The average Bonchev–Trinajstić information content (AvgIpc) is 1.28. The third-order valence-electron chi connectivity index (χ3n) is 20.7. The highest BCUT2D eigenvalue weighted by Gasteiger charge is 2.65. The van der Waals surface area contributed by atoms with Gasteiger partial charge in [0.15, 0.2) is 0 Å². The van der Waals surface area contributed by atoms with Crippen LogP contribution in [0.4, 0.5) is 0 Å². The van der Waals surface area contributed by atoms with Crippen molar-refractivity contribution < 1.29 is 9.31 Å². The molecule has 99 heavy (non-hydrogen) atoms. The molecular weight excluding hydrogens is 1110 g/mol. The first-order valence-electron chi connectivity index (χ1n) is 33.1. The van der Waals surface area contributed by atoms with Crippen LogP contribution in [0.2, 0.25) is 0 Å². The molecule has 4 nitrogen and oxygen atoms in total. The summed E-state index contributed by atoms with van der Waals surface area (Å²) >= 11 is 0. The lowest BCUT2D eigenvalue weighted by Crippen LogP contribution is -2.99. The number of hydrogen-bond donors (Lipinski definition) is 0. The van der Waals surface area contributed by atoms with Crippen molar-refractivity contribution in [1.82, 2.24) is 9.97 Å². The van der Waals surface area contributed by atoms with E-state index in [9.17, 15) is 0 Å². The molecule has 1 saturated heterocycles. The molecule has 0 N–H and O–H groups in total. The molecule has 354 valence electrons. The van der Waals surface area contributed by atoms with Crippen LogP contribution in [0.5, 0.6) is 0 Å². The van der Waals surface area contributed by atoms with Gasteiger partial charge in [0.1, 0.15) is 6.33 Å². The molecule has 0 unspecified atom stereocenters. The van der Waals surface area contributed by atoms with Crippen LogP contribution in [0.25, 0.3) is 11.3 Å². The molecule has 0 spiro atoms. The first-order valence-corrected chi connectivity index (χ1v) is 33.1. The quantitative estimate of drug-likeness (QED) is 0.0633. The van der Waals surface area contributed by atoms with Crippen molar-refractivity contribution in [2.45, 2.75) is 65.1 Å². The Balaban J connectivity index is 0.00000109. The molecule has 2 heterocycles. The zero-order chi connectivity index (χ0) is 77.2. The van der Waals surface area contributed by atoms with Crippen molar-refractivity contribution in [2.24, 2.45) is 0 Å². The van der Waals surface area contributed by atoms with Crippen LogP contribution in [0.15, 0.2) is 36.7 Å². The summed E-state index contributed by atoms with van der Waals surface area (Å²) in [5.41, 5.74) is 3.39. The minimum Gasteiger partial charge on any atom is -0.399 e. The van der Waals surface area contributed by atoms with Crippen molar-refractivity contribution in [3.8, 4) is 11.3 Å². The Kier molecular flexibility index (Phi) is 42.3. The molecule has 0 bridgehead atoms. The summed E-state index contributed by atoms with van der Waals surface area (Å²) in [5, 5.41) is 0. The van der Waals surface area contributed by atoms with Gasteiger partial charge in [0.25, 0.3) is 0 Å². The maximum absolute atomic E-state index is 7.05. The van der Waals surface area contributed by atoms with Crippen molar-refractivity contribution in [3.05, 3.63) is 42.4 Å². The van der Waals surface area contributed by atoms with Crippen molar-refractivity contribution in [2.75, 3.05) is 0 Å². The fourth-order valence-electron chi connectivity index (χ4n) is 15.8. The van der Waals surface area contributed by atoms with Gasteiger partial charge in [-0.05, 0) is 39.2 Å². The third-order valence-corrected chi connectivity index (χ3v) is 20.7. The van der Waals surface area contributed by atoms with Crippen LogP contribution < -0.4 is 5.46 Å². The minimum absolute atomic E-state index is 0.000321. The fourth-order valence-corrected chi connectivity index (χ4v) is 15.8. The van der Waals surface area contributed by atoms with Gasteiger partial charge in [-0.1, -0.05) is 45.0 Å². The van der Waals surface area contributed by atoms with E-state index in [0.717, 1.165) is 22.4 Å². The second kappa shape index (κ2) is 42.7. The fraction of sp³-hybridized carbons (Fsp3) is 0.500. The molecule has 0 aliphatic carbocycles. The van der Waals surface area contributed by atoms with Crippen molar-refractivity contribution in [3.63, 3.8) is 0 Å². The van der Waals surface area contributed by atoms with Crippen molar-refractivity contribution >= 4 is 536 Å². The Labute approximate surface area is 668 Å². The number of rotatable bonds is 37. The lowest BCUT2D eigenvalue weighted by Gasteiger charge is -2.61. The van der Waals surface area contributed by atoms with E-state index in [1.54, 1.807) is 6.33 Å². The van der Waals surface area contributed by atoms with Crippen LogP contribution >= 0.6 is 0 Å². The number of hydrogen-bond acceptors (Lipinski definition) is 4. The summed E-state index contributed by atoms with van der Waals surface area (Å²) < 4.78 is 12.2. The van der Waals surface area contributed by atoms with Gasteiger partial charge in [-0.2, -0.15) is 0 Å². The van der Waals surface area contributed by atoms with E-state index >= 15 is 0 Å². The highest BCUT2D eigenvalue weighted by molar-refractivity contribution is 8.40. The Hall–Kier alpha value is 3.09. The van der Waals surface area contributed by atoms with Gasteiger partial charge < -0.3 is 9.31 Å².